The van der Waals surface area contributed by atoms with Gasteiger partial charge in [0.05, 0.1) is 0 Å². The molecule has 0 saturated carbocycles. The second kappa shape index (κ2) is 3.84. The van der Waals surface area contributed by atoms with Crippen molar-refractivity contribution in [2.75, 3.05) is 5.32 Å². The van der Waals surface area contributed by atoms with Gasteiger partial charge in [-0.3, -0.25) is 0 Å². The highest BCUT2D eigenvalue weighted by molar-refractivity contribution is 5.62. The number of anilines is 2. The van der Waals surface area contributed by atoms with Gasteiger partial charge in [0.1, 0.15) is 11.6 Å². The Morgan fingerprint density at radius 2 is 1.41 bits per heavy atom. The lowest BCUT2D eigenvalue weighted by atomic mass is 10.2. The highest BCUT2D eigenvalue weighted by Gasteiger charge is 2.09. The van der Waals surface area contributed by atoms with Crippen LogP contribution in [0, 0.1) is 27.7 Å². The van der Waals surface area contributed by atoms with E-state index in [0.29, 0.717) is 0 Å². The van der Waals surface area contributed by atoms with Gasteiger partial charge in [-0.25, -0.2) is 0 Å². The molecule has 0 bridgehead atoms. The fourth-order valence-electron chi connectivity index (χ4n) is 1.92. The first kappa shape index (κ1) is 11.6. The maximum absolute atomic E-state index is 3.98. The molecule has 0 aliphatic heterocycles. The molecule has 0 saturated heterocycles. The van der Waals surface area contributed by atoms with E-state index < -0.39 is 0 Å². The molecule has 0 radical (unpaired) electrons. The summed E-state index contributed by atoms with van der Waals surface area (Å²) in [4.78, 5) is 6.56. The maximum atomic E-state index is 3.98. The molecule has 3 heteroatoms. The van der Waals surface area contributed by atoms with Crippen LogP contribution in [0.4, 0.5) is 11.6 Å². The van der Waals surface area contributed by atoms with E-state index in [9.17, 15) is 0 Å². The average molecular weight is 229 g/mol. The Hall–Kier alpha value is -1.90. The number of nitrogens with one attached hydrogen (secondary N) is 3. The normalized spacial score (nSPS) is 10.8. The molecule has 17 heavy (non-hydrogen) atoms. The quantitative estimate of drug-likeness (QED) is 0.725. The molecule has 0 aliphatic carbocycles. The lowest BCUT2D eigenvalue weighted by molar-refractivity contribution is 1.21. The summed E-state index contributed by atoms with van der Waals surface area (Å²) in [7, 11) is 0. The van der Waals surface area contributed by atoms with Crippen LogP contribution in [-0.4, -0.2) is 9.97 Å². The number of aromatic nitrogens is 2. The van der Waals surface area contributed by atoms with Crippen LogP contribution in [0.1, 0.15) is 22.4 Å². The highest BCUT2D eigenvalue weighted by atomic mass is 15.1. The largest absolute Gasteiger partial charge is 0.345 e. The fraction of sp³-hybridized carbons (Fsp3) is 0.286. The lowest BCUT2D eigenvalue weighted by Crippen LogP contribution is -2.19. The average Bonchev–Trinajstić information content (AvgIpc) is 2.66. The van der Waals surface area contributed by atoms with Crippen molar-refractivity contribution >= 4 is 24.8 Å². The number of H-pyrrole nitrogens is 2. The van der Waals surface area contributed by atoms with Gasteiger partial charge < -0.3 is 15.3 Å². The van der Waals surface area contributed by atoms with Crippen molar-refractivity contribution in [1.82, 2.24) is 9.97 Å². The third-order valence-electron chi connectivity index (χ3n) is 3.53. The zero-order chi connectivity index (χ0) is 12.7. The smallest absolute Gasteiger partial charge is 0.112 e. The van der Waals surface area contributed by atoms with E-state index >= 15 is 0 Å². The second-order valence-electron chi connectivity index (χ2n) is 4.58. The summed E-state index contributed by atoms with van der Waals surface area (Å²) in [6.45, 7) is 16.2. The highest BCUT2D eigenvalue weighted by Crippen LogP contribution is 2.23. The topological polar surface area (TPSA) is 43.6 Å². The number of aromatic amines is 2. The number of hydrogen-bond donors (Lipinski definition) is 3. The minimum Gasteiger partial charge on any atom is -0.345 e. The van der Waals surface area contributed by atoms with Crippen LogP contribution in [0.2, 0.25) is 0 Å². The molecule has 0 aliphatic rings. The third-order valence-corrected chi connectivity index (χ3v) is 3.53. The van der Waals surface area contributed by atoms with Crippen molar-refractivity contribution in [1.29, 1.82) is 0 Å². The SMILES string of the molecule is C=c1[nH]c(Nc2[nH]c(C)c(C)c2C)c(C)c1=C. The molecule has 3 nitrogen and oxygen atoms in total. The van der Waals surface area contributed by atoms with Gasteiger partial charge >= 0.3 is 0 Å². The summed E-state index contributed by atoms with van der Waals surface area (Å²) < 4.78 is 0. The molecule has 0 spiro atoms. The Labute approximate surface area is 101 Å². The van der Waals surface area contributed by atoms with Gasteiger partial charge in [-0.1, -0.05) is 13.2 Å². The molecular formula is C14H19N3. The van der Waals surface area contributed by atoms with E-state index in [1.807, 2.05) is 6.92 Å². The Morgan fingerprint density at radius 1 is 0.824 bits per heavy atom. The third kappa shape index (κ3) is 1.78. The predicted octanol–water partition coefficient (Wildman–Crippen LogP) is 2.14. The first-order valence-electron chi connectivity index (χ1n) is 5.71. The summed E-state index contributed by atoms with van der Waals surface area (Å²) in [5, 5.41) is 5.20. The van der Waals surface area contributed by atoms with Gasteiger partial charge in [0, 0.05) is 11.0 Å². The minimum atomic E-state index is 0.864. The minimum absolute atomic E-state index is 0.864. The van der Waals surface area contributed by atoms with Crippen molar-refractivity contribution in [2.45, 2.75) is 27.7 Å². The first-order chi connectivity index (χ1) is 7.91. The van der Waals surface area contributed by atoms with E-state index in [-0.39, 0.29) is 0 Å². The van der Waals surface area contributed by atoms with Crippen LogP contribution >= 0.6 is 0 Å². The zero-order valence-corrected chi connectivity index (χ0v) is 10.9. The Bertz CT molecular complexity index is 659. The molecule has 2 aromatic rings. The van der Waals surface area contributed by atoms with Crippen molar-refractivity contribution in [3.8, 4) is 0 Å². The van der Waals surface area contributed by atoms with Gasteiger partial charge in [-0.05, 0) is 49.6 Å². The van der Waals surface area contributed by atoms with E-state index in [0.717, 1.165) is 27.8 Å². The molecule has 3 N–H and O–H groups in total. The van der Waals surface area contributed by atoms with Crippen molar-refractivity contribution in [3.05, 3.63) is 33.0 Å². The lowest BCUT2D eigenvalue weighted by Gasteiger charge is -2.04. The summed E-state index contributed by atoms with van der Waals surface area (Å²) >= 11 is 0. The molecule has 90 valence electrons. The Balaban J connectivity index is 2.45. The van der Waals surface area contributed by atoms with Crippen molar-refractivity contribution in [2.24, 2.45) is 0 Å². The van der Waals surface area contributed by atoms with Crippen molar-refractivity contribution < 1.29 is 0 Å². The predicted molar refractivity (Wildman–Crippen MR) is 74.1 cm³/mol. The second-order valence-corrected chi connectivity index (χ2v) is 4.58. The maximum Gasteiger partial charge on any atom is 0.112 e. The molecule has 0 aromatic carbocycles. The van der Waals surface area contributed by atoms with Crippen LogP contribution < -0.4 is 15.9 Å². The summed E-state index contributed by atoms with van der Waals surface area (Å²) in [5.74, 6) is 1.99. The Morgan fingerprint density at radius 3 is 1.82 bits per heavy atom. The van der Waals surface area contributed by atoms with Crippen LogP contribution in [-0.2, 0) is 0 Å². The van der Waals surface area contributed by atoms with Gasteiger partial charge in [0.15, 0.2) is 0 Å². The monoisotopic (exact) mass is 229 g/mol. The van der Waals surface area contributed by atoms with Gasteiger partial charge in [-0.15, -0.1) is 0 Å². The van der Waals surface area contributed by atoms with Gasteiger partial charge in [-0.2, -0.15) is 0 Å². The standard InChI is InChI=1S/C14H19N3/c1-7-9(3)13(15-11(7)5)17-14-10(4)8(2)12(6)16-14/h15-17H,1,5H2,2-4,6H3. The van der Waals surface area contributed by atoms with E-state index in [4.69, 9.17) is 0 Å². The number of rotatable bonds is 2. The molecule has 0 atom stereocenters. The molecular weight excluding hydrogens is 210 g/mol. The van der Waals surface area contributed by atoms with Crippen molar-refractivity contribution in [3.63, 3.8) is 0 Å². The van der Waals surface area contributed by atoms with E-state index in [2.05, 4.69) is 49.2 Å². The molecule has 0 amide bonds. The number of hydrogen-bond acceptors (Lipinski definition) is 1. The van der Waals surface area contributed by atoms with Crippen LogP contribution in [0.15, 0.2) is 0 Å². The number of aryl methyl sites for hydroxylation is 1. The fourth-order valence-corrected chi connectivity index (χ4v) is 1.92. The molecule has 2 heterocycles. The molecule has 2 rings (SSSR count). The summed E-state index contributed by atoms with van der Waals surface area (Å²) in [6.07, 6.45) is 0. The van der Waals surface area contributed by atoms with Crippen LogP contribution in [0.3, 0.4) is 0 Å². The van der Waals surface area contributed by atoms with Crippen LogP contribution in [0.25, 0.3) is 13.2 Å². The molecule has 0 unspecified atom stereocenters. The molecule has 0 fully saturated rings. The summed E-state index contributed by atoms with van der Waals surface area (Å²) in [6, 6.07) is 0. The zero-order valence-electron chi connectivity index (χ0n) is 10.9. The van der Waals surface area contributed by atoms with Gasteiger partial charge in [0.25, 0.3) is 0 Å². The molecule has 2 aromatic heterocycles. The Kier molecular flexibility index (Phi) is 2.62. The van der Waals surface area contributed by atoms with Crippen LogP contribution in [0.5, 0.6) is 0 Å². The van der Waals surface area contributed by atoms with E-state index in [1.165, 1.54) is 16.8 Å². The summed E-state index contributed by atoms with van der Waals surface area (Å²) in [5.41, 5.74) is 4.84. The van der Waals surface area contributed by atoms with Gasteiger partial charge in [0.2, 0.25) is 0 Å². The first-order valence-corrected chi connectivity index (χ1v) is 5.71. The van der Waals surface area contributed by atoms with E-state index in [1.54, 1.807) is 0 Å².